The van der Waals surface area contributed by atoms with Crippen molar-refractivity contribution in [3.8, 4) is 0 Å². The van der Waals surface area contributed by atoms with Gasteiger partial charge in [-0.05, 0) is 40.3 Å². The van der Waals surface area contributed by atoms with E-state index >= 15 is 0 Å². The zero-order valence-electron chi connectivity index (χ0n) is 13.7. The summed E-state index contributed by atoms with van der Waals surface area (Å²) >= 11 is 2.11. The zero-order valence-corrected chi connectivity index (χ0v) is 15.9. The molecule has 2 aromatic rings. The molecule has 1 N–H and O–H groups in total. The lowest BCUT2D eigenvalue weighted by atomic mass is 10.1. The number of carbonyl (C=O) groups excluding carboxylic acids is 3. The van der Waals surface area contributed by atoms with Crippen LogP contribution in [0.25, 0.3) is 0 Å². The molecule has 5 nitrogen and oxygen atoms in total. The molecule has 25 heavy (non-hydrogen) atoms. The summed E-state index contributed by atoms with van der Waals surface area (Å²) in [6.07, 6.45) is 0.302. The molecule has 0 aliphatic rings. The first-order valence-electron chi connectivity index (χ1n) is 7.72. The fourth-order valence-corrected chi connectivity index (χ4v) is 2.81. The molecule has 0 aliphatic carbocycles. The van der Waals surface area contributed by atoms with E-state index in [-0.39, 0.29) is 18.3 Å². The van der Waals surface area contributed by atoms with Crippen LogP contribution >= 0.6 is 22.6 Å². The van der Waals surface area contributed by atoms with Gasteiger partial charge in [-0.3, -0.25) is 9.59 Å². The Morgan fingerprint density at radius 1 is 1.08 bits per heavy atom. The quantitative estimate of drug-likeness (QED) is 0.399. The second-order valence-corrected chi connectivity index (χ2v) is 6.73. The third kappa shape index (κ3) is 6.30. The molecule has 0 aromatic heterocycles. The number of esters is 1. The average Bonchev–Trinajstić information content (AvgIpc) is 2.59. The van der Waals surface area contributed by atoms with E-state index in [2.05, 4.69) is 27.9 Å². The number of ketones is 1. The number of amides is 1. The second kappa shape index (κ2) is 9.31. The van der Waals surface area contributed by atoms with Crippen LogP contribution in [0.3, 0.4) is 0 Å². The summed E-state index contributed by atoms with van der Waals surface area (Å²) in [5, 5.41) is 2.57. The molecule has 2 rings (SSSR count). The molecule has 0 aliphatic heterocycles. The zero-order chi connectivity index (χ0) is 18.2. The van der Waals surface area contributed by atoms with Gasteiger partial charge in [0, 0.05) is 22.5 Å². The third-order valence-corrected chi connectivity index (χ3v) is 4.11. The number of nitrogens with one attached hydrogen (secondary N) is 1. The van der Waals surface area contributed by atoms with Crippen LogP contribution in [0.2, 0.25) is 0 Å². The topological polar surface area (TPSA) is 72.5 Å². The monoisotopic (exact) mass is 451 g/mol. The van der Waals surface area contributed by atoms with Crippen LogP contribution in [-0.2, 0) is 20.7 Å². The maximum Gasteiger partial charge on any atom is 0.329 e. The molecule has 0 bridgehead atoms. The summed E-state index contributed by atoms with van der Waals surface area (Å²) in [6.45, 7) is 0.978. The minimum absolute atomic E-state index is 0.284. The van der Waals surface area contributed by atoms with E-state index < -0.39 is 12.0 Å². The number of hydrogen-bond donors (Lipinski definition) is 1. The Kier molecular flexibility index (Phi) is 7.12. The van der Waals surface area contributed by atoms with Crippen molar-refractivity contribution in [2.75, 3.05) is 6.61 Å². The molecule has 1 amide bonds. The summed E-state index contributed by atoms with van der Waals surface area (Å²) in [5.74, 6) is -1.24. The van der Waals surface area contributed by atoms with Crippen LogP contribution < -0.4 is 5.32 Å². The molecule has 0 fully saturated rings. The van der Waals surface area contributed by atoms with Crippen molar-refractivity contribution < 1.29 is 19.1 Å². The Morgan fingerprint density at radius 3 is 2.44 bits per heavy atom. The summed E-state index contributed by atoms with van der Waals surface area (Å²) < 4.78 is 6.05. The van der Waals surface area contributed by atoms with E-state index in [1.807, 2.05) is 36.4 Å². The van der Waals surface area contributed by atoms with Crippen LogP contribution in [-0.4, -0.2) is 30.3 Å². The third-order valence-electron chi connectivity index (χ3n) is 3.44. The predicted octanol–water partition coefficient (Wildman–Crippen LogP) is 2.76. The summed E-state index contributed by atoms with van der Waals surface area (Å²) in [7, 11) is 0. The van der Waals surface area contributed by atoms with Gasteiger partial charge in [0.2, 0.25) is 5.91 Å². The summed E-state index contributed by atoms with van der Waals surface area (Å²) in [6, 6.07) is 15.5. The number of halogens is 1. The highest BCUT2D eigenvalue weighted by atomic mass is 127. The SMILES string of the molecule is CC(=O)N[C@@H](Cc1ccccc1)C(=O)OCC(=O)c1cccc(I)c1. The number of rotatable bonds is 7. The maximum absolute atomic E-state index is 12.3. The first-order chi connectivity index (χ1) is 12.0. The van der Waals surface area contributed by atoms with Gasteiger partial charge in [-0.1, -0.05) is 42.5 Å². The van der Waals surface area contributed by atoms with Crippen molar-refractivity contribution in [3.05, 3.63) is 69.3 Å². The maximum atomic E-state index is 12.3. The minimum Gasteiger partial charge on any atom is -0.456 e. The van der Waals surface area contributed by atoms with E-state index in [1.54, 1.807) is 18.2 Å². The molecule has 0 heterocycles. The first kappa shape index (κ1) is 19.1. The molecule has 130 valence electrons. The predicted molar refractivity (Wildman–Crippen MR) is 102 cm³/mol. The van der Waals surface area contributed by atoms with E-state index in [4.69, 9.17) is 4.74 Å². The van der Waals surface area contributed by atoms with Gasteiger partial charge in [0.1, 0.15) is 6.04 Å². The van der Waals surface area contributed by atoms with E-state index in [0.717, 1.165) is 9.13 Å². The smallest absolute Gasteiger partial charge is 0.329 e. The molecule has 6 heteroatoms. The lowest BCUT2D eigenvalue weighted by molar-refractivity contribution is -0.146. The van der Waals surface area contributed by atoms with Crippen LogP contribution in [0.4, 0.5) is 0 Å². The van der Waals surface area contributed by atoms with Crippen LogP contribution in [0.1, 0.15) is 22.8 Å². The second-order valence-electron chi connectivity index (χ2n) is 5.48. The lowest BCUT2D eigenvalue weighted by Crippen LogP contribution is -2.42. The highest BCUT2D eigenvalue weighted by Crippen LogP contribution is 2.09. The van der Waals surface area contributed by atoms with Gasteiger partial charge in [0.25, 0.3) is 0 Å². The van der Waals surface area contributed by atoms with Gasteiger partial charge < -0.3 is 10.1 Å². The number of hydrogen-bond acceptors (Lipinski definition) is 4. The van der Waals surface area contributed by atoms with Gasteiger partial charge in [-0.25, -0.2) is 4.79 Å². The molecule has 0 radical (unpaired) electrons. The van der Waals surface area contributed by atoms with Crippen molar-refractivity contribution in [1.82, 2.24) is 5.32 Å². The summed E-state index contributed by atoms with van der Waals surface area (Å²) in [5.41, 5.74) is 1.38. The highest BCUT2D eigenvalue weighted by molar-refractivity contribution is 14.1. The molecule has 2 aromatic carbocycles. The standard InChI is InChI=1S/C19H18INO4/c1-13(22)21-17(10-14-6-3-2-4-7-14)19(24)25-12-18(23)15-8-5-9-16(20)11-15/h2-9,11,17H,10,12H2,1H3,(H,21,22)/t17-/m0/s1. The van der Waals surface area contributed by atoms with Crippen LogP contribution in [0, 0.1) is 3.57 Å². The van der Waals surface area contributed by atoms with E-state index in [0.29, 0.717) is 12.0 Å². The van der Waals surface area contributed by atoms with Gasteiger partial charge in [0.15, 0.2) is 12.4 Å². The van der Waals surface area contributed by atoms with Crippen molar-refractivity contribution in [2.24, 2.45) is 0 Å². The number of ether oxygens (including phenoxy) is 1. The summed E-state index contributed by atoms with van der Waals surface area (Å²) in [4.78, 5) is 35.8. The average molecular weight is 451 g/mol. The highest BCUT2D eigenvalue weighted by Gasteiger charge is 2.22. The molecular formula is C19H18INO4. The van der Waals surface area contributed by atoms with Gasteiger partial charge in [-0.15, -0.1) is 0 Å². The van der Waals surface area contributed by atoms with Crippen LogP contribution in [0.5, 0.6) is 0 Å². The Labute approximate surface area is 159 Å². The molecule has 0 unspecified atom stereocenters. The Morgan fingerprint density at radius 2 is 1.80 bits per heavy atom. The molecule has 0 spiro atoms. The Hall–Kier alpha value is -2.22. The molecule has 0 saturated heterocycles. The molecule has 1 atom stereocenters. The minimum atomic E-state index is -0.830. The van der Waals surface area contributed by atoms with Crippen molar-refractivity contribution in [2.45, 2.75) is 19.4 Å². The fraction of sp³-hybridized carbons (Fsp3) is 0.211. The Balaban J connectivity index is 1.99. The fourth-order valence-electron chi connectivity index (χ4n) is 2.27. The van der Waals surface area contributed by atoms with E-state index in [1.165, 1.54) is 6.92 Å². The molecular weight excluding hydrogens is 433 g/mol. The van der Waals surface area contributed by atoms with Gasteiger partial charge in [0.05, 0.1) is 0 Å². The Bertz CT molecular complexity index is 761. The van der Waals surface area contributed by atoms with Crippen molar-refractivity contribution >= 4 is 40.3 Å². The first-order valence-corrected chi connectivity index (χ1v) is 8.80. The largest absolute Gasteiger partial charge is 0.456 e. The number of Topliss-reactive ketones (excluding diaryl/α,β-unsaturated/α-hetero) is 1. The van der Waals surface area contributed by atoms with E-state index in [9.17, 15) is 14.4 Å². The van der Waals surface area contributed by atoms with Gasteiger partial charge >= 0.3 is 5.97 Å². The van der Waals surface area contributed by atoms with Crippen LogP contribution in [0.15, 0.2) is 54.6 Å². The van der Waals surface area contributed by atoms with Crippen molar-refractivity contribution in [1.29, 1.82) is 0 Å². The molecule has 0 saturated carbocycles. The lowest BCUT2D eigenvalue weighted by Gasteiger charge is -2.16. The number of benzene rings is 2. The number of carbonyl (C=O) groups is 3. The van der Waals surface area contributed by atoms with Crippen molar-refractivity contribution in [3.63, 3.8) is 0 Å². The van der Waals surface area contributed by atoms with Gasteiger partial charge in [-0.2, -0.15) is 0 Å². The normalized spacial score (nSPS) is 11.4.